The Bertz CT molecular complexity index is 339. The van der Waals surface area contributed by atoms with Gasteiger partial charge in [0.05, 0.1) is 0 Å². The minimum atomic E-state index is 0.773. The fraction of sp³-hybridized carbons (Fsp3) is 1.00. The SMILES string of the molecule is CCCCCCCCCC(CCCCCCCC1CC1CCCCCCCC)NC. The topological polar surface area (TPSA) is 12.0 Å². The van der Waals surface area contributed by atoms with Crippen LogP contribution in [0, 0.1) is 11.8 Å². The quantitative estimate of drug-likeness (QED) is 0.153. The Balaban J connectivity index is 1.81. The Kier molecular flexibility index (Phi) is 19.4. The lowest BCUT2D eigenvalue weighted by molar-refractivity contribution is 0.434. The van der Waals surface area contributed by atoms with Gasteiger partial charge in [-0.1, -0.05) is 142 Å². The van der Waals surface area contributed by atoms with Crippen LogP contribution in [0.4, 0.5) is 0 Å². The molecule has 0 saturated heterocycles. The van der Waals surface area contributed by atoms with Gasteiger partial charge in [-0.3, -0.25) is 0 Å². The molecule has 1 fully saturated rings. The lowest BCUT2D eigenvalue weighted by atomic mass is 9.99. The summed E-state index contributed by atoms with van der Waals surface area (Å²) >= 11 is 0. The van der Waals surface area contributed by atoms with Crippen molar-refractivity contribution in [2.45, 2.75) is 168 Å². The van der Waals surface area contributed by atoms with E-state index in [-0.39, 0.29) is 0 Å². The van der Waals surface area contributed by atoms with Gasteiger partial charge < -0.3 is 5.32 Å². The molecule has 0 aliphatic heterocycles. The Morgan fingerprint density at radius 3 is 1.30 bits per heavy atom. The van der Waals surface area contributed by atoms with Gasteiger partial charge in [0, 0.05) is 6.04 Å². The van der Waals surface area contributed by atoms with Crippen LogP contribution in [0.2, 0.25) is 0 Å². The standard InChI is InChI=1S/C29H59N/c1-4-6-8-10-12-16-20-24-29(30-3)25-21-17-13-15-19-23-28-26-27(28)22-18-14-11-9-7-5-2/h27-30H,4-26H2,1-3H3. The van der Waals surface area contributed by atoms with E-state index in [4.69, 9.17) is 0 Å². The molecule has 0 heterocycles. The van der Waals surface area contributed by atoms with E-state index < -0.39 is 0 Å². The second kappa shape index (κ2) is 20.8. The molecule has 0 aromatic carbocycles. The molecule has 0 aromatic rings. The van der Waals surface area contributed by atoms with Crippen LogP contribution in [0.5, 0.6) is 0 Å². The summed E-state index contributed by atoms with van der Waals surface area (Å²) < 4.78 is 0. The summed E-state index contributed by atoms with van der Waals surface area (Å²) in [5.41, 5.74) is 0. The van der Waals surface area contributed by atoms with Crippen LogP contribution in [-0.4, -0.2) is 13.1 Å². The number of hydrogen-bond donors (Lipinski definition) is 1. The number of unbranched alkanes of at least 4 members (excludes halogenated alkanes) is 15. The zero-order valence-corrected chi connectivity index (χ0v) is 21.5. The summed E-state index contributed by atoms with van der Waals surface area (Å²) in [5.74, 6) is 2.25. The van der Waals surface area contributed by atoms with Crippen LogP contribution in [0.1, 0.15) is 162 Å². The molecule has 1 heteroatoms. The molecule has 0 spiro atoms. The predicted octanol–water partition coefficient (Wildman–Crippen LogP) is 9.83. The summed E-state index contributed by atoms with van der Waals surface area (Å²) in [6.07, 6.45) is 33.6. The van der Waals surface area contributed by atoms with Crippen molar-refractivity contribution in [1.29, 1.82) is 0 Å². The van der Waals surface area contributed by atoms with Crippen molar-refractivity contribution in [3.8, 4) is 0 Å². The molecular weight excluding hydrogens is 362 g/mol. The fourth-order valence-electron chi connectivity index (χ4n) is 5.31. The lowest BCUT2D eigenvalue weighted by Gasteiger charge is -2.16. The molecule has 0 radical (unpaired) electrons. The number of rotatable bonds is 24. The molecule has 0 bridgehead atoms. The fourth-order valence-corrected chi connectivity index (χ4v) is 5.31. The maximum atomic E-state index is 3.57. The van der Waals surface area contributed by atoms with Crippen molar-refractivity contribution in [2.75, 3.05) is 7.05 Å². The summed E-state index contributed by atoms with van der Waals surface area (Å²) in [7, 11) is 2.17. The average Bonchev–Trinajstić information content (AvgIpc) is 3.51. The molecule has 0 aromatic heterocycles. The third-order valence-electron chi connectivity index (χ3n) is 7.69. The van der Waals surface area contributed by atoms with E-state index in [9.17, 15) is 0 Å². The summed E-state index contributed by atoms with van der Waals surface area (Å²) in [4.78, 5) is 0. The highest BCUT2D eigenvalue weighted by atomic mass is 14.9. The zero-order chi connectivity index (χ0) is 21.7. The largest absolute Gasteiger partial charge is 0.317 e. The van der Waals surface area contributed by atoms with Crippen LogP contribution in [-0.2, 0) is 0 Å². The second-order valence-corrected chi connectivity index (χ2v) is 10.6. The van der Waals surface area contributed by atoms with Gasteiger partial charge in [0.25, 0.3) is 0 Å². The molecule has 1 rings (SSSR count). The minimum Gasteiger partial charge on any atom is -0.317 e. The first-order chi connectivity index (χ1) is 14.8. The molecule has 1 N–H and O–H groups in total. The van der Waals surface area contributed by atoms with Gasteiger partial charge in [0.15, 0.2) is 0 Å². The van der Waals surface area contributed by atoms with Crippen LogP contribution < -0.4 is 5.32 Å². The molecule has 30 heavy (non-hydrogen) atoms. The van der Waals surface area contributed by atoms with Crippen molar-refractivity contribution in [3.05, 3.63) is 0 Å². The first-order valence-electron chi connectivity index (χ1n) is 14.5. The van der Waals surface area contributed by atoms with E-state index in [2.05, 4.69) is 26.2 Å². The van der Waals surface area contributed by atoms with E-state index in [0.717, 1.165) is 17.9 Å². The Morgan fingerprint density at radius 2 is 0.900 bits per heavy atom. The van der Waals surface area contributed by atoms with E-state index >= 15 is 0 Å². The molecular formula is C29H59N. The maximum Gasteiger partial charge on any atom is 0.00640 e. The first kappa shape index (κ1) is 28.0. The van der Waals surface area contributed by atoms with Crippen LogP contribution >= 0.6 is 0 Å². The molecule has 1 saturated carbocycles. The van der Waals surface area contributed by atoms with Gasteiger partial charge in [-0.05, 0) is 38.1 Å². The predicted molar refractivity (Wildman–Crippen MR) is 137 cm³/mol. The van der Waals surface area contributed by atoms with Gasteiger partial charge in [0.2, 0.25) is 0 Å². The summed E-state index contributed by atoms with van der Waals surface area (Å²) in [5, 5.41) is 3.57. The zero-order valence-electron chi connectivity index (χ0n) is 21.5. The molecule has 1 aliphatic carbocycles. The molecule has 0 amide bonds. The van der Waals surface area contributed by atoms with Crippen molar-refractivity contribution < 1.29 is 0 Å². The van der Waals surface area contributed by atoms with Gasteiger partial charge in [-0.25, -0.2) is 0 Å². The van der Waals surface area contributed by atoms with Crippen molar-refractivity contribution in [3.63, 3.8) is 0 Å². The van der Waals surface area contributed by atoms with E-state index in [0.29, 0.717) is 0 Å². The number of hydrogen-bond acceptors (Lipinski definition) is 1. The van der Waals surface area contributed by atoms with Gasteiger partial charge in [0.1, 0.15) is 0 Å². The summed E-state index contributed by atoms with van der Waals surface area (Å²) in [6, 6.07) is 0.773. The van der Waals surface area contributed by atoms with E-state index in [1.165, 1.54) is 135 Å². The Hall–Kier alpha value is -0.0400. The van der Waals surface area contributed by atoms with Crippen LogP contribution in [0.3, 0.4) is 0 Å². The smallest absolute Gasteiger partial charge is 0.00640 e. The Morgan fingerprint density at radius 1 is 0.533 bits per heavy atom. The molecule has 3 atom stereocenters. The first-order valence-corrected chi connectivity index (χ1v) is 14.5. The van der Waals surface area contributed by atoms with Crippen molar-refractivity contribution in [1.82, 2.24) is 5.32 Å². The monoisotopic (exact) mass is 421 g/mol. The lowest BCUT2D eigenvalue weighted by Crippen LogP contribution is -2.24. The van der Waals surface area contributed by atoms with Gasteiger partial charge >= 0.3 is 0 Å². The van der Waals surface area contributed by atoms with Crippen molar-refractivity contribution in [2.24, 2.45) is 11.8 Å². The second-order valence-electron chi connectivity index (χ2n) is 10.6. The maximum absolute atomic E-state index is 3.57. The normalized spacial score (nSPS) is 19.3. The van der Waals surface area contributed by atoms with Crippen LogP contribution in [0.25, 0.3) is 0 Å². The molecule has 1 nitrogen and oxygen atoms in total. The van der Waals surface area contributed by atoms with E-state index in [1.54, 1.807) is 12.8 Å². The molecule has 1 aliphatic rings. The molecule has 3 unspecified atom stereocenters. The number of nitrogens with one attached hydrogen (secondary N) is 1. The third-order valence-corrected chi connectivity index (χ3v) is 7.69. The Labute approximate surface area is 192 Å². The average molecular weight is 422 g/mol. The van der Waals surface area contributed by atoms with E-state index in [1.807, 2.05) is 0 Å². The highest BCUT2D eigenvalue weighted by molar-refractivity contribution is 4.85. The van der Waals surface area contributed by atoms with Gasteiger partial charge in [-0.2, -0.15) is 0 Å². The van der Waals surface area contributed by atoms with Crippen LogP contribution in [0.15, 0.2) is 0 Å². The highest BCUT2D eigenvalue weighted by Gasteiger charge is 2.34. The minimum absolute atomic E-state index is 0.773. The third kappa shape index (κ3) is 16.6. The van der Waals surface area contributed by atoms with Gasteiger partial charge in [-0.15, -0.1) is 0 Å². The van der Waals surface area contributed by atoms with Crippen molar-refractivity contribution >= 4 is 0 Å². The highest BCUT2D eigenvalue weighted by Crippen LogP contribution is 2.45. The summed E-state index contributed by atoms with van der Waals surface area (Å²) in [6.45, 7) is 4.61. The molecule has 180 valence electrons.